The van der Waals surface area contributed by atoms with Crippen molar-refractivity contribution in [3.63, 3.8) is 0 Å². The van der Waals surface area contributed by atoms with Gasteiger partial charge in [-0.1, -0.05) is 31.2 Å². The van der Waals surface area contributed by atoms with Crippen LogP contribution in [0.2, 0.25) is 0 Å². The van der Waals surface area contributed by atoms with Crippen LogP contribution in [0.4, 0.5) is 0 Å². The van der Waals surface area contributed by atoms with Crippen LogP contribution in [0.25, 0.3) is 0 Å². The molecule has 0 bridgehead atoms. The van der Waals surface area contributed by atoms with Gasteiger partial charge in [0.2, 0.25) is 0 Å². The first-order valence-electron chi connectivity index (χ1n) is 4.14. The van der Waals surface area contributed by atoms with E-state index in [0.717, 1.165) is 5.92 Å². The lowest BCUT2D eigenvalue weighted by molar-refractivity contribution is 0.271. The number of fused-ring (bicyclic) bond motifs is 1. The molecule has 10 heavy (non-hydrogen) atoms. The maximum absolute atomic E-state index is 2.40. The third-order valence-corrected chi connectivity index (χ3v) is 3.00. The lowest BCUT2D eigenvalue weighted by atomic mass is 9.73. The molecule has 0 aromatic rings. The van der Waals surface area contributed by atoms with E-state index in [1.807, 2.05) is 0 Å². The zero-order chi connectivity index (χ0) is 7.03. The van der Waals surface area contributed by atoms with Gasteiger partial charge in [-0.05, 0) is 30.6 Å². The Morgan fingerprint density at radius 3 is 2.80 bits per heavy atom. The quantitative estimate of drug-likeness (QED) is 0.447. The predicted octanol–water partition coefficient (Wildman–Crippen LogP) is 2.92. The lowest BCUT2D eigenvalue weighted by Gasteiger charge is -2.31. The third kappa shape index (κ3) is 0.749. The molecule has 2 aliphatic carbocycles. The molecule has 0 spiro atoms. The summed E-state index contributed by atoms with van der Waals surface area (Å²) in [6, 6.07) is 0. The molecule has 2 unspecified atom stereocenters. The van der Waals surface area contributed by atoms with Crippen molar-refractivity contribution < 1.29 is 0 Å². The van der Waals surface area contributed by atoms with E-state index >= 15 is 0 Å². The summed E-state index contributed by atoms with van der Waals surface area (Å²) in [5.41, 5.74) is 0.523. The zero-order valence-electron chi connectivity index (χ0n) is 6.51. The molecule has 0 aromatic heterocycles. The highest BCUT2D eigenvalue weighted by molar-refractivity contribution is 5.15. The first kappa shape index (κ1) is 6.21. The molecule has 2 atom stereocenters. The molecule has 0 amide bonds. The fraction of sp³-hybridized carbons (Fsp3) is 0.600. The molecule has 0 saturated carbocycles. The number of hydrogen-bond donors (Lipinski definition) is 0. The van der Waals surface area contributed by atoms with Crippen LogP contribution in [-0.2, 0) is 0 Å². The summed E-state index contributed by atoms with van der Waals surface area (Å²) in [4.78, 5) is 0. The van der Waals surface area contributed by atoms with Crippen LogP contribution in [0.15, 0.2) is 24.3 Å². The fourth-order valence-electron chi connectivity index (χ4n) is 2.10. The molecule has 2 rings (SSSR count). The summed E-state index contributed by atoms with van der Waals surface area (Å²) in [6.45, 7) is 2.38. The molecule has 0 aromatic carbocycles. The van der Waals surface area contributed by atoms with Crippen molar-refractivity contribution in [1.29, 1.82) is 0 Å². The fourth-order valence-corrected chi connectivity index (χ4v) is 2.10. The topological polar surface area (TPSA) is 0 Å². The summed E-state index contributed by atoms with van der Waals surface area (Å²) >= 11 is 0. The smallest absolute Gasteiger partial charge is 0.00779 e. The molecule has 0 fully saturated rings. The van der Waals surface area contributed by atoms with Crippen molar-refractivity contribution >= 4 is 0 Å². The highest BCUT2D eigenvalue weighted by Gasteiger charge is 2.34. The van der Waals surface area contributed by atoms with Crippen molar-refractivity contribution in [2.45, 2.75) is 26.2 Å². The maximum Gasteiger partial charge on any atom is -0.00779 e. The van der Waals surface area contributed by atoms with Crippen molar-refractivity contribution in [1.82, 2.24) is 0 Å². The van der Waals surface area contributed by atoms with E-state index in [-0.39, 0.29) is 0 Å². The third-order valence-electron chi connectivity index (χ3n) is 3.00. The summed E-state index contributed by atoms with van der Waals surface area (Å²) in [7, 11) is 0. The van der Waals surface area contributed by atoms with Crippen LogP contribution in [-0.4, -0.2) is 0 Å². The average molecular weight is 134 g/mol. The second-order valence-corrected chi connectivity index (χ2v) is 3.75. The summed E-state index contributed by atoms with van der Waals surface area (Å²) in [6.07, 6.45) is 13.3. The van der Waals surface area contributed by atoms with Gasteiger partial charge in [0, 0.05) is 0 Å². The van der Waals surface area contributed by atoms with Gasteiger partial charge in [-0.25, -0.2) is 0 Å². The Balaban J connectivity index is 2.26. The van der Waals surface area contributed by atoms with E-state index in [2.05, 4.69) is 31.2 Å². The summed E-state index contributed by atoms with van der Waals surface area (Å²) < 4.78 is 0. The van der Waals surface area contributed by atoms with Crippen LogP contribution in [0.3, 0.4) is 0 Å². The standard InChI is InChI=1S/C10H14/c1-10-7-3-2-5-9(10)6-4-8-10/h2-4,8-9H,5-7H2,1H3. The molecule has 0 saturated heterocycles. The van der Waals surface area contributed by atoms with E-state index in [1.54, 1.807) is 0 Å². The molecule has 54 valence electrons. The second kappa shape index (κ2) is 1.98. The zero-order valence-corrected chi connectivity index (χ0v) is 6.51. The van der Waals surface area contributed by atoms with E-state index in [0.29, 0.717) is 5.41 Å². The predicted molar refractivity (Wildman–Crippen MR) is 43.7 cm³/mol. The molecule has 0 aliphatic heterocycles. The minimum atomic E-state index is 0.523. The molecule has 0 heterocycles. The van der Waals surface area contributed by atoms with E-state index < -0.39 is 0 Å². The van der Waals surface area contributed by atoms with Gasteiger partial charge < -0.3 is 0 Å². The Kier molecular flexibility index (Phi) is 1.23. The highest BCUT2D eigenvalue weighted by Crippen LogP contribution is 2.45. The van der Waals surface area contributed by atoms with Gasteiger partial charge in [-0.15, -0.1) is 0 Å². The van der Waals surface area contributed by atoms with Gasteiger partial charge in [0.1, 0.15) is 0 Å². The van der Waals surface area contributed by atoms with Gasteiger partial charge in [0.25, 0.3) is 0 Å². The lowest BCUT2D eigenvalue weighted by Crippen LogP contribution is -2.22. The van der Waals surface area contributed by atoms with Crippen LogP contribution in [0.1, 0.15) is 26.2 Å². The van der Waals surface area contributed by atoms with Crippen molar-refractivity contribution in [3.8, 4) is 0 Å². The van der Waals surface area contributed by atoms with Crippen molar-refractivity contribution in [3.05, 3.63) is 24.3 Å². The Hall–Kier alpha value is -0.520. The Morgan fingerprint density at radius 1 is 1.20 bits per heavy atom. The molecule has 0 N–H and O–H groups in total. The monoisotopic (exact) mass is 134 g/mol. The minimum Gasteiger partial charge on any atom is -0.0882 e. The molecular weight excluding hydrogens is 120 g/mol. The second-order valence-electron chi connectivity index (χ2n) is 3.75. The molecule has 0 heteroatoms. The van der Waals surface area contributed by atoms with Gasteiger partial charge in [0.15, 0.2) is 0 Å². The summed E-state index contributed by atoms with van der Waals surface area (Å²) in [5.74, 6) is 0.914. The van der Waals surface area contributed by atoms with Gasteiger partial charge in [-0.3, -0.25) is 0 Å². The van der Waals surface area contributed by atoms with E-state index in [1.165, 1.54) is 19.3 Å². The SMILES string of the molecule is CC12C=CCC1CC=CC2. The maximum atomic E-state index is 2.40. The molecular formula is C10H14. The van der Waals surface area contributed by atoms with Crippen molar-refractivity contribution in [2.75, 3.05) is 0 Å². The number of hydrogen-bond acceptors (Lipinski definition) is 0. The Morgan fingerprint density at radius 2 is 2.00 bits per heavy atom. The number of allylic oxidation sites excluding steroid dienone is 4. The van der Waals surface area contributed by atoms with E-state index in [9.17, 15) is 0 Å². The Bertz CT molecular complexity index is 188. The number of rotatable bonds is 0. The molecule has 0 radical (unpaired) electrons. The van der Waals surface area contributed by atoms with Crippen LogP contribution in [0, 0.1) is 11.3 Å². The average Bonchev–Trinajstić information content (AvgIpc) is 2.29. The first-order valence-corrected chi connectivity index (χ1v) is 4.14. The van der Waals surface area contributed by atoms with Gasteiger partial charge in [0.05, 0.1) is 0 Å². The minimum absolute atomic E-state index is 0.523. The molecule has 0 nitrogen and oxygen atoms in total. The van der Waals surface area contributed by atoms with Crippen LogP contribution < -0.4 is 0 Å². The normalized spacial score (nSPS) is 43.9. The highest BCUT2D eigenvalue weighted by atomic mass is 14.4. The van der Waals surface area contributed by atoms with Crippen LogP contribution >= 0.6 is 0 Å². The molecule has 2 aliphatic rings. The Labute approximate surface area is 62.6 Å². The summed E-state index contributed by atoms with van der Waals surface area (Å²) in [5, 5.41) is 0. The largest absolute Gasteiger partial charge is 0.0882 e. The van der Waals surface area contributed by atoms with Gasteiger partial charge in [-0.2, -0.15) is 0 Å². The van der Waals surface area contributed by atoms with Crippen molar-refractivity contribution in [2.24, 2.45) is 11.3 Å². The van der Waals surface area contributed by atoms with Gasteiger partial charge >= 0.3 is 0 Å². The first-order chi connectivity index (χ1) is 4.81. The van der Waals surface area contributed by atoms with Crippen LogP contribution in [0.5, 0.6) is 0 Å². The van der Waals surface area contributed by atoms with E-state index in [4.69, 9.17) is 0 Å².